The van der Waals surface area contributed by atoms with Gasteiger partial charge in [-0.05, 0) is 41.0 Å². The Bertz CT molecular complexity index is 1220. The third kappa shape index (κ3) is 4.52. The molecule has 31 heavy (non-hydrogen) atoms. The van der Waals surface area contributed by atoms with Crippen molar-refractivity contribution in [3.63, 3.8) is 0 Å². The van der Waals surface area contributed by atoms with Crippen molar-refractivity contribution >= 4 is 29.1 Å². The minimum Gasteiger partial charge on any atom is -0.505 e. The summed E-state index contributed by atoms with van der Waals surface area (Å²) in [6, 6.07) is 14.6. The van der Waals surface area contributed by atoms with Crippen molar-refractivity contribution in [1.29, 1.82) is 0 Å². The molecule has 7 nitrogen and oxygen atoms in total. The zero-order chi connectivity index (χ0) is 22.0. The van der Waals surface area contributed by atoms with Crippen LogP contribution in [0, 0.1) is 0 Å². The van der Waals surface area contributed by atoms with Crippen LogP contribution >= 0.6 is 23.2 Å². The molecule has 2 aromatic heterocycles. The number of hydrogen-bond acceptors (Lipinski definition) is 6. The topological polar surface area (TPSA) is 92.4 Å². The van der Waals surface area contributed by atoms with Gasteiger partial charge >= 0.3 is 11.8 Å². The standard InChI is InChI=1S/C22H16Cl2N4O3/c1-28(12-13-4-2-5-14(8-13)15-6-3-7-25-11-15)22(30)21-26-20(27-31-21)16-9-17(23)19(29)18(24)10-16/h2-11,29H,12H2,1H3. The summed E-state index contributed by atoms with van der Waals surface area (Å²) in [6.07, 6.45) is 3.51. The van der Waals surface area contributed by atoms with Crippen LogP contribution in [0.4, 0.5) is 0 Å². The summed E-state index contributed by atoms with van der Waals surface area (Å²) in [5.74, 6) is -0.693. The summed E-state index contributed by atoms with van der Waals surface area (Å²) in [5.41, 5.74) is 3.36. The first-order valence-corrected chi connectivity index (χ1v) is 9.95. The second-order valence-corrected chi connectivity index (χ2v) is 7.63. The number of rotatable bonds is 5. The van der Waals surface area contributed by atoms with Gasteiger partial charge in [0.2, 0.25) is 5.82 Å². The lowest BCUT2D eigenvalue weighted by Crippen LogP contribution is -2.26. The second-order valence-electron chi connectivity index (χ2n) is 6.81. The minimum absolute atomic E-state index is 0.0470. The molecule has 2 aromatic carbocycles. The third-order valence-electron chi connectivity index (χ3n) is 4.57. The summed E-state index contributed by atoms with van der Waals surface area (Å²) < 4.78 is 5.13. The number of phenols is 1. The monoisotopic (exact) mass is 454 g/mol. The zero-order valence-corrected chi connectivity index (χ0v) is 17.8. The number of benzene rings is 2. The third-order valence-corrected chi connectivity index (χ3v) is 5.15. The number of aromatic nitrogens is 3. The second kappa shape index (κ2) is 8.75. The fourth-order valence-corrected chi connectivity index (χ4v) is 3.50. The zero-order valence-electron chi connectivity index (χ0n) is 16.3. The van der Waals surface area contributed by atoms with E-state index in [0.29, 0.717) is 12.1 Å². The first-order valence-electron chi connectivity index (χ1n) is 9.19. The fourth-order valence-electron chi connectivity index (χ4n) is 3.01. The molecule has 4 aromatic rings. The molecule has 0 bridgehead atoms. The molecule has 2 heterocycles. The van der Waals surface area contributed by atoms with Gasteiger partial charge in [-0.25, -0.2) is 0 Å². The van der Waals surface area contributed by atoms with Gasteiger partial charge in [0.15, 0.2) is 5.75 Å². The number of phenolic OH excluding ortho intramolecular Hbond substituents is 1. The van der Waals surface area contributed by atoms with E-state index in [-0.39, 0.29) is 27.5 Å². The van der Waals surface area contributed by atoms with Gasteiger partial charge < -0.3 is 14.5 Å². The van der Waals surface area contributed by atoms with Crippen LogP contribution in [0.2, 0.25) is 10.0 Å². The van der Waals surface area contributed by atoms with E-state index in [2.05, 4.69) is 15.1 Å². The summed E-state index contributed by atoms with van der Waals surface area (Å²) in [7, 11) is 1.65. The van der Waals surface area contributed by atoms with Crippen molar-refractivity contribution in [2.24, 2.45) is 0 Å². The maximum Gasteiger partial charge on any atom is 0.316 e. The van der Waals surface area contributed by atoms with Gasteiger partial charge in [-0.1, -0.05) is 52.6 Å². The number of halogens is 2. The Hall–Kier alpha value is -3.42. The van der Waals surface area contributed by atoms with E-state index < -0.39 is 5.91 Å². The number of nitrogens with zero attached hydrogens (tertiary/aromatic N) is 4. The average Bonchev–Trinajstić information content (AvgIpc) is 3.27. The van der Waals surface area contributed by atoms with E-state index in [1.165, 1.54) is 17.0 Å². The smallest absolute Gasteiger partial charge is 0.316 e. The van der Waals surface area contributed by atoms with Gasteiger partial charge in [-0.15, -0.1) is 0 Å². The van der Waals surface area contributed by atoms with E-state index >= 15 is 0 Å². The van der Waals surface area contributed by atoms with E-state index in [0.717, 1.165) is 16.7 Å². The number of hydrogen-bond donors (Lipinski definition) is 1. The molecule has 0 saturated carbocycles. The van der Waals surface area contributed by atoms with Gasteiger partial charge in [0.05, 0.1) is 10.0 Å². The Morgan fingerprint density at radius 1 is 1.06 bits per heavy atom. The normalized spacial score (nSPS) is 10.8. The lowest BCUT2D eigenvalue weighted by atomic mass is 10.0. The predicted octanol–water partition coefficient (Wildman–Crippen LogP) is 5.08. The van der Waals surface area contributed by atoms with Gasteiger partial charge in [-0.2, -0.15) is 4.98 Å². The van der Waals surface area contributed by atoms with E-state index in [9.17, 15) is 9.90 Å². The van der Waals surface area contributed by atoms with Crippen LogP contribution in [-0.4, -0.2) is 38.1 Å². The quantitative estimate of drug-likeness (QED) is 0.451. The summed E-state index contributed by atoms with van der Waals surface area (Å²) in [6.45, 7) is 0.349. The molecule has 9 heteroatoms. The number of carbonyl (C=O) groups excluding carboxylic acids is 1. The first-order chi connectivity index (χ1) is 14.9. The molecule has 0 aliphatic rings. The summed E-state index contributed by atoms with van der Waals surface area (Å²) in [5, 5.41) is 13.6. The minimum atomic E-state index is -0.429. The molecule has 1 amide bonds. The lowest BCUT2D eigenvalue weighted by Gasteiger charge is -2.15. The fraction of sp³-hybridized carbons (Fsp3) is 0.0909. The number of carbonyl (C=O) groups is 1. The van der Waals surface area contributed by atoms with Crippen LogP contribution in [0.1, 0.15) is 16.2 Å². The molecule has 0 unspecified atom stereocenters. The Morgan fingerprint density at radius 2 is 1.81 bits per heavy atom. The van der Waals surface area contributed by atoms with E-state index in [1.807, 2.05) is 36.4 Å². The maximum absolute atomic E-state index is 12.8. The number of amides is 1. The molecule has 0 aliphatic carbocycles. The van der Waals surface area contributed by atoms with Crippen LogP contribution < -0.4 is 0 Å². The Kier molecular flexibility index (Phi) is 5.88. The highest BCUT2D eigenvalue weighted by Crippen LogP contribution is 2.35. The molecule has 0 aliphatic heterocycles. The van der Waals surface area contributed by atoms with E-state index in [4.69, 9.17) is 27.7 Å². The van der Waals surface area contributed by atoms with Gasteiger partial charge in [0.1, 0.15) is 0 Å². The first kappa shape index (κ1) is 20.8. The van der Waals surface area contributed by atoms with Crippen molar-refractivity contribution in [2.75, 3.05) is 7.05 Å². The highest BCUT2D eigenvalue weighted by molar-refractivity contribution is 6.37. The van der Waals surface area contributed by atoms with Crippen LogP contribution in [0.15, 0.2) is 65.4 Å². The van der Waals surface area contributed by atoms with Crippen LogP contribution in [-0.2, 0) is 6.54 Å². The van der Waals surface area contributed by atoms with Gasteiger partial charge in [0.25, 0.3) is 0 Å². The summed E-state index contributed by atoms with van der Waals surface area (Å²) in [4.78, 5) is 22.5. The molecule has 0 fully saturated rings. The van der Waals surface area contributed by atoms with Crippen LogP contribution in [0.25, 0.3) is 22.5 Å². The highest BCUT2D eigenvalue weighted by atomic mass is 35.5. The predicted molar refractivity (Wildman–Crippen MR) is 117 cm³/mol. The lowest BCUT2D eigenvalue weighted by molar-refractivity contribution is 0.0735. The molecule has 0 atom stereocenters. The molecule has 1 N–H and O–H groups in total. The Morgan fingerprint density at radius 3 is 2.52 bits per heavy atom. The average molecular weight is 455 g/mol. The van der Waals surface area contributed by atoms with Crippen molar-refractivity contribution in [1.82, 2.24) is 20.0 Å². The molecule has 0 radical (unpaired) electrons. The maximum atomic E-state index is 12.8. The molecule has 4 rings (SSSR count). The Balaban J connectivity index is 1.51. The summed E-state index contributed by atoms with van der Waals surface area (Å²) >= 11 is 11.9. The van der Waals surface area contributed by atoms with Crippen molar-refractivity contribution in [3.05, 3.63) is 82.4 Å². The highest BCUT2D eigenvalue weighted by Gasteiger charge is 2.21. The SMILES string of the molecule is CN(Cc1cccc(-c2cccnc2)c1)C(=O)c1nc(-c2cc(Cl)c(O)c(Cl)c2)no1. The molecular weight excluding hydrogens is 439 g/mol. The molecular formula is C22H16Cl2N4O3. The van der Waals surface area contributed by atoms with Crippen molar-refractivity contribution in [2.45, 2.75) is 6.54 Å². The van der Waals surface area contributed by atoms with Crippen molar-refractivity contribution in [3.8, 4) is 28.3 Å². The number of aromatic hydroxyl groups is 1. The van der Waals surface area contributed by atoms with Gasteiger partial charge in [-0.3, -0.25) is 9.78 Å². The van der Waals surface area contributed by atoms with E-state index in [1.54, 1.807) is 19.4 Å². The molecule has 0 spiro atoms. The number of pyridine rings is 1. The van der Waals surface area contributed by atoms with Crippen molar-refractivity contribution < 1.29 is 14.4 Å². The molecule has 0 saturated heterocycles. The van der Waals surface area contributed by atoms with Crippen LogP contribution in [0.3, 0.4) is 0 Å². The van der Waals surface area contributed by atoms with Gasteiger partial charge in [0, 0.05) is 31.5 Å². The molecule has 156 valence electrons. The Labute approximate surface area is 187 Å². The van der Waals surface area contributed by atoms with Crippen LogP contribution in [0.5, 0.6) is 5.75 Å². The largest absolute Gasteiger partial charge is 0.505 e.